The molecular weight excluding hydrogens is 260 g/mol. The molecule has 20 heavy (non-hydrogen) atoms. The van der Waals surface area contributed by atoms with Crippen LogP contribution in [0.25, 0.3) is 0 Å². The first-order chi connectivity index (χ1) is 9.16. The summed E-state index contributed by atoms with van der Waals surface area (Å²) in [6, 6.07) is 0. The third kappa shape index (κ3) is 2.37. The van der Waals surface area contributed by atoms with Crippen LogP contribution in [-0.2, 0) is 9.53 Å². The molecule has 1 spiro atoms. The smallest absolute Gasteiger partial charge is 0.410 e. The van der Waals surface area contributed by atoms with Gasteiger partial charge in [0.2, 0.25) is 0 Å². The van der Waals surface area contributed by atoms with E-state index in [0.717, 1.165) is 12.8 Å². The number of carboxylic acids is 1. The zero-order valence-electron chi connectivity index (χ0n) is 12.4. The second-order valence-electron chi connectivity index (χ2n) is 7.05. The van der Waals surface area contributed by atoms with Gasteiger partial charge in [-0.25, -0.2) is 4.79 Å². The number of rotatable bonds is 2. The lowest BCUT2D eigenvalue weighted by atomic mass is 9.85. The number of hydrogen-bond donors (Lipinski definition) is 2. The maximum absolute atomic E-state index is 12.1. The molecule has 6 heteroatoms. The van der Waals surface area contributed by atoms with E-state index >= 15 is 0 Å². The standard InChI is InChI=1S/C14H24N2O4/c1-12(2,3)20-11(19)16-6-4-5-13(9-16)7-14(13,8-15)10(17)18/h4-9,15H2,1-3H3,(H,17,18). The van der Waals surface area contributed by atoms with Crippen LogP contribution in [0.15, 0.2) is 0 Å². The molecule has 114 valence electrons. The minimum absolute atomic E-state index is 0.129. The SMILES string of the molecule is CC(C)(C)OC(=O)N1CCCC2(C1)CC2(CN)C(=O)O. The number of nitrogens with zero attached hydrogens (tertiary/aromatic N) is 1. The molecule has 0 bridgehead atoms. The van der Waals surface area contributed by atoms with Gasteiger partial charge in [0.1, 0.15) is 5.60 Å². The lowest BCUT2D eigenvalue weighted by Crippen LogP contribution is -2.47. The number of carboxylic acid groups (broad SMARTS) is 1. The number of hydrogen-bond acceptors (Lipinski definition) is 4. The van der Waals surface area contributed by atoms with Crippen LogP contribution in [-0.4, -0.2) is 47.3 Å². The molecule has 3 N–H and O–H groups in total. The summed E-state index contributed by atoms with van der Waals surface area (Å²) in [5.74, 6) is -0.842. The fraction of sp³-hybridized carbons (Fsp3) is 0.857. The zero-order chi connectivity index (χ0) is 15.2. The van der Waals surface area contributed by atoms with E-state index in [1.54, 1.807) is 4.90 Å². The Balaban J connectivity index is 2.07. The number of likely N-dealkylation sites (tertiary alicyclic amines) is 1. The van der Waals surface area contributed by atoms with Crippen molar-refractivity contribution in [1.29, 1.82) is 0 Å². The second-order valence-corrected chi connectivity index (χ2v) is 7.05. The first-order valence-electron chi connectivity index (χ1n) is 7.07. The second kappa shape index (κ2) is 4.62. The van der Waals surface area contributed by atoms with Crippen molar-refractivity contribution in [3.8, 4) is 0 Å². The molecule has 1 aliphatic carbocycles. The molecule has 0 radical (unpaired) electrons. The average molecular weight is 284 g/mol. The van der Waals surface area contributed by atoms with Crippen molar-refractivity contribution in [3.63, 3.8) is 0 Å². The predicted molar refractivity (Wildman–Crippen MR) is 73.2 cm³/mol. The minimum atomic E-state index is -0.853. The lowest BCUT2D eigenvalue weighted by molar-refractivity contribution is -0.145. The molecule has 1 saturated heterocycles. The van der Waals surface area contributed by atoms with Crippen LogP contribution >= 0.6 is 0 Å². The molecule has 2 aliphatic rings. The Labute approximate surface area is 119 Å². The number of ether oxygens (including phenoxy) is 1. The van der Waals surface area contributed by atoms with E-state index in [4.69, 9.17) is 10.5 Å². The largest absolute Gasteiger partial charge is 0.481 e. The van der Waals surface area contributed by atoms with Gasteiger partial charge < -0.3 is 20.5 Å². The molecule has 0 aromatic carbocycles. The molecule has 1 heterocycles. The Hall–Kier alpha value is -1.30. The molecule has 0 aromatic heterocycles. The number of aliphatic carboxylic acids is 1. The van der Waals surface area contributed by atoms with Gasteiger partial charge in [-0.05, 0) is 40.0 Å². The van der Waals surface area contributed by atoms with Gasteiger partial charge in [-0.2, -0.15) is 0 Å². The normalized spacial score (nSPS) is 33.1. The highest BCUT2D eigenvalue weighted by atomic mass is 16.6. The zero-order valence-corrected chi connectivity index (χ0v) is 12.4. The summed E-state index contributed by atoms with van der Waals surface area (Å²) in [6.07, 6.45) is 1.81. The van der Waals surface area contributed by atoms with Gasteiger partial charge in [-0.3, -0.25) is 4.79 Å². The topological polar surface area (TPSA) is 92.9 Å². The third-order valence-electron chi connectivity index (χ3n) is 4.52. The Morgan fingerprint density at radius 3 is 2.50 bits per heavy atom. The van der Waals surface area contributed by atoms with Crippen LogP contribution in [0.5, 0.6) is 0 Å². The number of piperidine rings is 1. The molecule has 6 nitrogen and oxygen atoms in total. The Kier molecular flexibility index (Phi) is 3.48. The molecule has 2 fully saturated rings. The Bertz CT molecular complexity index is 431. The number of carbonyl (C=O) groups excluding carboxylic acids is 1. The summed E-state index contributed by atoms with van der Waals surface area (Å²) in [5, 5.41) is 9.42. The van der Waals surface area contributed by atoms with Gasteiger partial charge in [0.15, 0.2) is 0 Å². The minimum Gasteiger partial charge on any atom is -0.481 e. The van der Waals surface area contributed by atoms with E-state index in [1.807, 2.05) is 20.8 Å². The van der Waals surface area contributed by atoms with E-state index in [1.165, 1.54) is 0 Å². The molecule has 1 saturated carbocycles. The van der Waals surface area contributed by atoms with Crippen LogP contribution in [0.1, 0.15) is 40.0 Å². The van der Waals surface area contributed by atoms with Gasteiger partial charge in [0.25, 0.3) is 0 Å². The highest BCUT2D eigenvalue weighted by Gasteiger charge is 2.72. The maximum atomic E-state index is 12.1. The molecule has 1 aliphatic heterocycles. The van der Waals surface area contributed by atoms with Gasteiger partial charge in [0.05, 0.1) is 5.41 Å². The van der Waals surface area contributed by atoms with Crippen molar-refractivity contribution in [3.05, 3.63) is 0 Å². The van der Waals surface area contributed by atoms with E-state index < -0.39 is 17.0 Å². The maximum Gasteiger partial charge on any atom is 0.410 e. The molecular formula is C14H24N2O4. The van der Waals surface area contributed by atoms with Crippen LogP contribution in [0.4, 0.5) is 4.79 Å². The Morgan fingerprint density at radius 2 is 2.05 bits per heavy atom. The highest BCUT2D eigenvalue weighted by Crippen LogP contribution is 2.67. The van der Waals surface area contributed by atoms with E-state index in [0.29, 0.717) is 19.5 Å². The fourth-order valence-electron chi connectivity index (χ4n) is 3.36. The monoisotopic (exact) mass is 284 g/mol. The molecule has 0 aromatic rings. The highest BCUT2D eigenvalue weighted by molar-refractivity contribution is 5.81. The first-order valence-corrected chi connectivity index (χ1v) is 7.07. The summed E-state index contributed by atoms with van der Waals surface area (Å²) < 4.78 is 5.37. The van der Waals surface area contributed by atoms with E-state index in [9.17, 15) is 14.7 Å². The van der Waals surface area contributed by atoms with Crippen LogP contribution < -0.4 is 5.73 Å². The third-order valence-corrected chi connectivity index (χ3v) is 4.52. The van der Waals surface area contributed by atoms with Crippen LogP contribution in [0.3, 0.4) is 0 Å². The Morgan fingerprint density at radius 1 is 1.40 bits per heavy atom. The molecule has 2 atom stereocenters. The van der Waals surface area contributed by atoms with Crippen LogP contribution in [0, 0.1) is 10.8 Å². The number of carbonyl (C=O) groups is 2. The lowest BCUT2D eigenvalue weighted by Gasteiger charge is -2.36. The quantitative estimate of drug-likeness (QED) is 0.800. The van der Waals surface area contributed by atoms with Gasteiger partial charge in [-0.15, -0.1) is 0 Å². The summed E-state index contributed by atoms with van der Waals surface area (Å²) in [6.45, 7) is 6.66. The van der Waals surface area contributed by atoms with Crippen molar-refractivity contribution >= 4 is 12.1 Å². The van der Waals surface area contributed by atoms with E-state index in [-0.39, 0.29) is 18.1 Å². The molecule has 2 unspecified atom stereocenters. The predicted octanol–water partition coefficient (Wildman–Crippen LogP) is 1.44. The van der Waals surface area contributed by atoms with Crippen molar-refractivity contribution in [2.24, 2.45) is 16.6 Å². The number of amides is 1. The van der Waals surface area contributed by atoms with E-state index in [2.05, 4.69) is 0 Å². The summed E-state index contributed by atoms with van der Waals surface area (Å²) >= 11 is 0. The van der Waals surface area contributed by atoms with Crippen molar-refractivity contribution in [1.82, 2.24) is 4.90 Å². The first kappa shape index (κ1) is 15.1. The average Bonchev–Trinajstić information content (AvgIpc) is 2.95. The summed E-state index contributed by atoms with van der Waals surface area (Å²) in [4.78, 5) is 25.2. The van der Waals surface area contributed by atoms with Crippen molar-refractivity contribution in [2.75, 3.05) is 19.6 Å². The van der Waals surface area contributed by atoms with Crippen molar-refractivity contribution in [2.45, 2.75) is 45.6 Å². The van der Waals surface area contributed by atoms with Crippen LogP contribution in [0.2, 0.25) is 0 Å². The molecule has 1 amide bonds. The summed E-state index contributed by atoms with van der Waals surface area (Å²) in [5.41, 5.74) is 3.93. The van der Waals surface area contributed by atoms with Crippen molar-refractivity contribution < 1.29 is 19.4 Å². The molecule has 2 rings (SSSR count). The number of nitrogens with two attached hydrogens (primary N) is 1. The van der Waals surface area contributed by atoms with Gasteiger partial charge in [-0.1, -0.05) is 0 Å². The van der Waals surface area contributed by atoms with Gasteiger partial charge >= 0.3 is 12.1 Å². The fourth-order valence-corrected chi connectivity index (χ4v) is 3.36. The summed E-state index contributed by atoms with van der Waals surface area (Å²) in [7, 11) is 0. The van der Waals surface area contributed by atoms with Gasteiger partial charge in [0, 0.05) is 25.0 Å².